The van der Waals surface area contributed by atoms with Crippen molar-refractivity contribution in [2.45, 2.75) is 13.1 Å². The molecule has 0 aliphatic carbocycles. The van der Waals surface area contributed by atoms with E-state index in [-0.39, 0.29) is 5.91 Å². The predicted molar refractivity (Wildman–Crippen MR) is 96.7 cm³/mol. The second-order valence-corrected chi connectivity index (χ2v) is 5.77. The van der Waals surface area contributed by atoms with Crippen molar-refractivity contribution in [2.75, 3.05) is 7.11 Å². The van der Waals surface area contributed by atoms with E-state index >= 15 is 0 Å². The van der Waals surface area contributed by atoms with Crippen molar-refractivity contribution < 1.29 is 14.3 Å². The van der Waals surface area contributed by atoms with Gasteiger partial charge in [0, 0.05) is 24.5 Å². The first kappa shape index (κ1) is 17.4. The summed E-state index contributed by atoms with van der Waals surface area (Å²) in [5.74, 6) is -0.616. The van der Waals surface area contributed by atoms with Gasteiger partial charge in [0.15, 0.2) is 0 Å². The van der Waals surface area contributed by atoms with Crippen LogP contribution in [0.25, 0.3) is 0 Å². The molecule has 1 heterocycles. The maximum absolute atomic E-state index is 12.2. The van der Waals surface area contributed by atoms with Crippen molar-refractivity contribution in [3.63, 3.8) is 0 Å². The van der Waals surface area contributed by atoms with Gasteiger partial charge in [-0.3, -0.25) is 9.48 Å². The number of amides is 1. The van der Waals surface area contributed by atoms with Crippen molar-refractivity contribution >= 4 is 11.9 Å². The van der Waals surface area contributed by atoms with Crippen LogP contribution in [0.3, 0.4) is 0 Å². The van der Waals surface area contributed by atoms with Crippen molar-refractivity contribution in [3.8, 4) is 0 Å². The number of ether oxygens (including phenoxy) is 1. The van der Waals surface area contributed by atoms with E-state index in [2.05, 4.69) is 15.2 Å². The average molecular weight is 349 g/mol. The summed E-state index contributed by atoms with van der Waals surface area (Å²) in [6.07, 6.45) is 3.67. The van der Waals surface area contributed by atoms with Crippen LogP contribution in [0.2, 0.25) is 0 Å². The van der Waals surface area contributed by atoms with Gasteiger partial charge in [-0.15, -0.1) is 0 Å². The monoisotopic (exact) mass is 349 g/mol. The summed E-state index contributed by atoms with van der Waals surface area (Å²) in [7, 11) is 1.32. The van der Waals surface area contributed by atoms with Crippen LogP contribution in [-0.4, -0.2) is 28.8 Å². The standard InChI is InChI=1S/C20H19N3O3/c1-26-20(25)18-9-7-17(8-10-18)19(24)21-13-15-3-5-16(6-4-15)14-23-12-2-11-22-23/h2-12H,13-14H2,1H3,(H,21,24). The van der Waals surface area contributed by atoms with Gasteiger partial charge in [0.2, 0.25) is 0 Å². The highest BCUT2D eigenvalue weighted by Crippen LogP contribution is 2.08. The van der Waals surface area contributed by atoms with E-state index in [4.69, 9.17) is 0 Å². The number of nitrogens with zero attached hydrogens (tertiary/aromatic N) is 2. The number of benzene rings is 2. The molecule has 0 aliphatic rings. The topological polar surface area (TPSA) is 73.2 Å². The van der Waals surface area contributed by atoms with Gasteiger partial charge in [-0.25, -0.2) is 4.79 Å². The lowest BCUT2D eigenvalue weighted by molar-refractivity contribution is 0.0600. The Kier molecular flexibility index (Phi) is 5.43. The quantitative estimate of drug-likeness (QED) is 0.695. The minimum atomic E-state index is -0.424. The lowest BCUT2D eigenvalue weighted by Crippen LogP contribution is -2.22. The fourth-order valence-corrected chi connectivity index (χ4v) is 2.50. The molecule has 0 saturated carbocycles. The van der Waals surface area contributed by atoms with E-state index in [9.17, 15) is 9.59 Å². The molecule has 132 valence electrons. The number of carbonyl (C=O) groups is 2. The molecule has 0 unspecified atom stereocenters. The van der Waals surface area contributed by atoms with E-state index < -0.39 is 5.97 Å². The summed E-state index contributed by atoms with van der Waals surface area (Å²) < 4.78 is 6.50. The van der Waals surface area contributed by atoms with E-state index in [1.54, 1.807) is 30.5 Å². The van der Waals surface area contributed by atoms with Crippen molar-refractivity contribution in [1.82, 2.24) is 15.1 Å². The Labute approximate surface area is 151 Å². The molecule has 3 aromatic rings. The van der Waals surface area contributed by atoms with Crippen LogP contribution in [0.4, 0.5) is 0 Å². The molecule has 3 rings (SSSR count). The second kappa shape index (κ2) is 8.11. The molecule has 6 nitrogen and oxygen atoms in total. The lowest BCUT2D eigenvalue weighted by Gasteiger charge is -2.07. The molecule has 0 saturated heterocycles. The summed E-state index contributed by atoms with van der Waals surface area (Å²) in [4.78, 5) is 23.6. The van der Waals surface area contributed by atoms with Gasteiger partial charge in [-0.2, -0.15) is 5.10 Å². The summed E-state index contributed by atoms with van der Waals surface area (Å²) in [5, 5.41) is 7.05. The Bertz CT molecular complexity index is 870. The van der Waals surface area contributed by atoms with Gasteiger partial charge >= 0.3 is 5.97 Å². The first-order valence-corrected chi connectivity index (χ1v) is 8.17. The van der Waals surface area contributed by atoms with Gasteiger partial charge in [0.1, 0.15) is 0 Å². The van der Waals surface area contributed by atoms with E-state index in [1.807, 2.05) is 41.2 Å². The highest BCUT2D eigenvalue weighted by Gasteiger charge is 2.08. The zero-order chi connectivity index (χ0) is 18.4. The molecule has 0 bridgehead atoms. The molecule has 0 spiro atoms. The smallest absolute Gasteiger partial charge is 0.337 e. The number of hydrogen-bond donors (Lipinski definition) is 1. The fraction of sp³-hybridized carbons (Fsp3) is 0.150. The normalized spacial score (nSPS) is 10.3. The first-order chi connectivity index (χ1) is 12.7. The molecule has 1 amide bonds. The number of aromatic nitrogens is 2. The zero-order valence-corrected chi connectivity index (χ0v) is 14.4. The summed E-state index contributed by atoms with van der Waals surface area (Å²) >= 11 is 0. The van der Waals surface area contributed by atoms with Crippen LogP contribution in [-0.2, 0) is 17.8 Å². The van der Waals surface area contributed by atoms with Crippen molar-refractivity contribution in [2.24, 2.45) is 0 Å². The highest BCUT2D eigenvalue weighted by atomic mass is 16.5. The van der Waals surface area contributed by atoms with Gasteiger partial charge in [0.25, 0.3) is 5.91 Å². The second-order valence-electron chi connectivity index (χ2n) is 5.77. The first-order valence-electron chi connectivity index (χ1n) is 8.17. The third-order valence-electron chi connectivity index (χ3n) is 3.95. The van der Waals surface area contributed by atoms with Crippen LogP contribution >= 0.6 is 0 Å². The van der Waals surface area contributed by atoms with Gasteiger partial charge in [-0.1, -0.05) is 24.3 Å². The SMILES string of the molecule is COC(=O)c1ccc(C(=O)NCc2ccc(Cn3cccn3)cc2)cc1. The Balaban J connectivity index is 1.54. The molecule has 1 aromatic heterocycles. The third-order valence-corrected chi connectivity index (χ3v) is 3.95. The van der Waals surface area contributed by atoms with Crippen LogP contribution in [0, 0.1) is 0 Å². The van der Waals surface area contributed by atoms with Gasteiger partial charge in [0.05, 0.1) is 19.2 Å². The maximum Gasteiger partial charge on any atom is 0.337 e. The molecule has 0 radical (unpaired) electrons. The van der Waals surface area contributed by atoms with Gasteiger partial charge in [-0.05, 0) is 41.5 Å². The van der Waals surface area contributed by atoms with Crippen molar-refractivity contribution in [3.05, 3.63) is 89.2 Å². The zero-order valence-electron chi connectivity index (χ0n) is 14.4. The van der Waals surface area contributed by atoms with Gasteiger partial charge < -0.3 is 10.1 Å². The molecule has 1 N–H and O–H groups in total. The summed E-state index contributed by atoms with van der Waals surface area (Å²) in [6.45, 7) is 1.14. The molecular formula is C20H19N3O3. The number of carbonyl (C=O) groups excluding carboxylic acids is 2. The lowest BCUT2D eigenvalue weighted by atomic mass is 10.1. The molecule has 0 fully saturated rings. The Morgan fingerprint density at radius 2 is 1.65 bits per heavy atom. The van der Waals surface area contributed by atoms with Crippen molar-refractivity contribution in [1.29, 1.82) is 0 Å². The Hall–Kier alpha value is -3.41. The number of nitrogens with one attached hydrogen (secondary N) is 1. The van der Waals surface area contributed by atoms with Crippen LogP contribution in [0.5, 0.6) is 0 Å². The van der Waals surface area contributed by atoms with Crippen LogP contribution in [0.1, 0.15) is 31.8 Å². The van der Waals surface area contributed by atoms with Crippen LogP contribution < -0.4 is 5.32 Å². The minimum absolute atomic E-state index is 0.193. The third kappa shape index (κ3) is 4.36. The summed E-state index contributed by atoms with van der Waals surface area (Å²) in [6, 6.07) is 16.3. The predicted octanol–water partition coefficient (Wildman–Crippen LogP) is 2.65. The van der Waals surface area contributed by atoms with Crippen LogP contribution in [0.15, 0.2) is 67.0 Å². The maximum atomic E-state index is 12.2. The molecule has 2 aromatic carbocycles. The van der Waals surface area contributed by atoms with E-state index in [1.165, 1.54) is 7.11 Å². The Morgan fingerprint density at radius 1 is 1.00 bits per heavy atom. The number of hydrogen-bond acceptors (Lipinski definition) is 4. The molecule has 26 heavy (non-hydrogen) atoms. The molecular weight excluding hydrogens is 330 g/mol. The summed E-state index contributed by atoms with van der Waals surface area (Å²) in [5.41, 5.74) is 3.06. The number of esters is 1. The number of methoxy groups -OCH3 is 1. The largest absolute Gasteiger partial charge is 0.465 e. The Morgan fingerprint density at radius 3 is 2.27 bits per heavy atom. The fourth-order valence-electron chi connectivity index (χ4n) is 2.50. The van der Waals surface area contributed by atoms with E-state index in [0.29, 0.717) is 24.2 Å². The molecule has 6 heteroatoms. The number of rotatable bonds is 6. The molecule has 0 aliphatic heterocycles. The van der Waals surface area contributed by atoms with E-state index in [0.717, 1.165) is 11.1 Å². The molecule has 0 atom stereocenters. The average Bonchev–Trinajstić information content (AvgIpc) is 3.19. The highest BCUT2D eigenvalue weighted by molar-refractivity contribution is 5.96. The minimum Gasteiger partial charge on any atom is -0.465 e.